The molecule has 49 heavy (non-hydrogen) atoms. The average Bonchev–Trinajstić information content (AvgIpc) is 3.71. The van der Waals surface area contributed by atoms with Crippen LogP contribution in [0.2, 0.25) is 5.02 Å². The van der Waals surface area contributed by atoms with Gasteiger partial charge < -0.3 is 24.5 Å². The fourth-order valence-electron chi connectivity index (χ4n) is 7.77. The van der Waals surface area contributed by atoms with E-state index in [0.29, 0.717) is 40.7 Å². The number of likely N-dealkylation sites (tertiary alicyclic amines) is 1. The molecule has 3 saturated heterocycles. The number of nitrogens with zero attached hydrogens (tertiary/aromatic N) is 3. The highest BCUT2D eigenvalue weighted by Gasteiger charge is 2.76. The number of alkyl halides is 1. The van der Waals surface area contributed by atoms with E-state index in [9.17, 15) is 9.90 Å². The van der Waals surface area contributed by atoms with E-state index in [-0.39, 0.29) is 40.9 Å². The summed E-state index contributed by atoms with van der Waals surface area (Å²) in [5.74, 6) is -1.75. The van der Waals surface area contributed by atoms with Gasteiger partial charge in [0, 0.05) is 28.9 Å². The van der Waals surface area contributed by atoms with Crippen LogP contribution in [0.4, 0.5) is 11.4 Å². The molecule has 256 valence electrons. The summed E-state index contributed by atoms with van der Waals surface area (Å²) >= 11 is 12.1. The minimum atomic E-state index is -1.01. The summed E-state index contributed by atoms with van der Waals surface area (Å²) in [5.41, 5.74) is 1.85. The van der Waals surface area contributed by atoms with Gasteiger partial charge in [0.2, 0.25) is 11.8 Å². The van der Waals surface area contributed by atoms with Crippen molar-refractivity contribution >= 4 is 68.4 Å². The lowest BCUT2D eigenvalue weighted by Crippen LogP contribution is -2.56. The van der Waals surface area contributed by atoms with Crippen LogP contribution in [0.3, 0.4) is 0 Å². The van der Waals surface area contributed by atoms with E-state index in [1.807, 2.05) is 61.5 Å². The van der Waals surface area contributed by atoms with Crippen LogP contribution in [0.5, 0.6) is 5.75 Å². The van der Waals surface area contributed by atoms with Gasteiger partial charge in [0.25, 0.3) is 5.91 Å². The van der Waals surface area contributed by atoms with Crippen LogP contribution in [0.15, 0.2) is 104 Å². The zero-order valence-corrected chi connectivity index (χ0v) is 30.3. The van der Waals surface area contributed by atoms with Gasteiger partial charge in [-0.2, -0.15) is 0 Å². The van der Waals surface area contributed by atoms with Crippen molar-refractivity contribution in [3.8, 4) is 5.75 Å². The van der Waals surface area contributed by atoms with Gasteiger partial charge in [-0.05, 0) is 55.3 Å². The highest BCUT2D eigenvalue weighted by Crippen LogP contribution is 2.69. The monoisotopic (exact) mass is 763 g/mol. The number of anilines is 2. The number of thioether (sulfide) groups is 1. The van der Waals surface area contributed by atoms with Gasteiger partial charge in [0.15, 0.2) is 0 Å². The van der Waals surface area contributed by atoms with Crippen molar-refractivity contribution in [2.45, 2.75) is 40.3 Å². The number of fused-ring (bicyclic) bond motifs is 1. The zero-order chi connectivity index (χ0) is 34.9. The standard InChI is InChI=1S/C38H39BrClN3O5S/c1-4-20-41(25-16-18-26(19-17-25)48-6-3)35(45)31-32-36(46)43(30(23-44)24-12-8-7-9-13-24)34(38(32)22-27(39)33(31)49-38)37(47)42(21-5-2)29-15-11-10-14-28(29)40/h4-5,7-19,27,30-34,44H,1-2,6,20-23H2,3H3/t27?,30-,31+,32+,33+,34?,38?/m1/s1. The first-order valence-corrected chi connectivity index (χ1v) is 18.5. The molecule has 3 amide bonds. The van der Waals surface area contributed by atoms with E-state index in [4.69, 9.17) is 16.3 Å². The highest BCUT2D eigenvalue weighted by atomic mass is 79.9. The molecule has 7 atom stereocenters. The molecule has 0 radical (unpaired) electrons. The topological polar surface area (TPSA) is 90.4 Å². The lowest BCUT2D eigenvalue weighted by Gasteiger charge is -2.40. The van der Waals surface area contributed by atoms with Crippen molar-refractivity contribution in [3.63, 3.8) is 0 Å². The SMILES string of the molecule is C=CCN(C(=O)[C@H]1[C@H]2C(=O)N([C@H](CO)c3ccccc3)C(C(=O)N(CC=C)c3ccccc3Cl)C23CC(Br)[C@@H]1S3)c1ccc(OCC)cc1. The quantitative estimate of drug-likeness (QED) is 0.155. The van der Waals surface area contributed by atoms with E-state index in [1.54, 1.807) is 62.9 Å². The summed E-state index contributed by atoms with van der Waals surface area (Å²) in [4.78, 5) is 49.7. The molecule has 3 fully saturated rings. The van der Waals surface area contributed by atoms with Gasteiger partial charge in [0.1, 0.15) is 11.8 Å². The third kappa shape index (κ3) is 6.11. The van der Waals surface area contributed by atoms with E-state index in [1.165, 1.54) is 0 Å². The predicted molar refractivity (Wildman–Crippen MR) is 199 cm³/mol. The van der Waals surface area contributed by atoms with E-state index in [0.717, 1.165) is 0 Å². The second-order valence-electron chi connectivity index (χ2n) is 12.4. The third-order valence-electron chi connectivity index (χ3n) is 9.70. The number of halogens is 2. The molecule has 1 N–H and O–H groups in total. The Labute approximate surface area is 304 Å². The van der Waals surface area contributed by atoms with Crippen LogP contribution in [0, 0.1) is 11.8 Å². The molecule has 0 saturated carbocycles. The maximum atomic E-state index is 15.1. The molecule has 2 bridgehead atoms. The molecule has 8 nitrogen and oxygen atoms in total. The number of benzene rings is 3. The number of ether oxygens (including phenoxy) is 1. The van der Waals surface area contributed by atoms with Crippen LogP contribution in [0.25, 0.3) is 0 Å². The third-order valence-corrected chi connectivity index (χ3v) is 13.2. The van der Waals surface area contributed by atoms with Gasteiger partial charge in [-0.15, -0.1) is 24.9 Å². The second kappa shape index (κ2) is 14.7. The van der Waals surface area contributed by atoms with Gasteiger partial charge in [0.05, 0.1) is 46.5 Å². The van der Waals surface area contributed by atoms with Crippen LogP contribution >= 0.6 is 39.3 Å². The minimum absolute atomic E-state index is 0.144. The molecular formula is C38H39BrClN3O5S. The zero-order valence-electron chi connectivity index (χ0n) is 27.2. The second-order valence-corrected chi connectivity index (χ2v) is 15.5. The van der Waals surface area contributed by atoms with Crippen LogP contribution in [0.1, 0.15) is 24.9 Å². The Morgan fingerprint density at radius 2 is 1.69 bits per heavy atom. The Bertz CT molecular complexity index is 1730. The summed E-state index contributed by atoms with van der Waals surface area (Å²) in [6.45, 7) is 10.2. The van der Waals surface area contributed by atoms with Crippen molar-refractivity contribution in [1.29, 1.82) is 0 Å². The number of carbonyl (C=O) groups is 3. The summed E-state index contributed by atoms with van der Waals surface area (Å²) in [6, 6.07) is 21.8. The largest absolute Gasteiger partial charge is 0.494 e. The smallest absolute Gasteiger partial charge is 0.251 e. The normalized spacial score (nSPS) is 25.8. The molecule has 6 rings (SSSR count). The van der Waals surface area contributed by atoms with Gasteiger partial charge in [-0.1, -0.05) is 82.1 Å². The number of hydrogen-bond donors (Lipinski definition) is 1. The first kappa shape index (κ1) is 35.3. The van der Waals surface area contributed by atoms with Crippen molar-refractivity contribution in [2.75, 3.05) is 36.1 Å². The molecule has 0 aliphatic carbocycles. The van der Waals surface area contributed by atoms with E-state index < -0.39 is 35.3 Å². The molecule has 3 unspecified atom stereocenters. The summed E-state index contributed by atoms with van der Waals surface area (Å²) < 4.78 is 4.66. The molecule has 3 heterocycles. The van der Waals surface area contributed by atoms with Gasteiger partial charge >= 0.3 is 0 Å². The molecule has 3 aromatic carbocycles. The fraction of sp³-hybridized carbons (Fsp3) is 0.342. The van der Waals surface area contributed by atoms with Crippen molar-refractivity contribution in [1.82, 2.24) is 4.90 Å². The number of carbonyl (C=O) groups excluding carboxylic acids is 3. The highest BCUT2D eigenvalue weighted by molar-refractivity contribution is 9.09. The molecule has 3 aliphatic heterocycles. The number of aliphatic hydroxyl groups is 1. The Morgan fingerprint density at radius 3 is 2.33 bits per heavy atom. The number of hydrogen-bond acceptors (Lipinski definition) is 6. The summed E-state index contributed by atoms with van der Waals surface area (Å²) in [7, 11) is 0. The molecule has 1 spiro atoms. The van der Waals surface area contributed by atoms with E-state index >= 15 is 9.59 Å². The fourth-order valence-corrected chi connectivity index (χ4v) is 11.6. The maximum absolute atomic E-state index is 15.1. The first-order chi connectivity index (χ1) is 23.7. The molecule has 3 aliphatic rings. The number of aliphatic hydroxyl groups excluding tert-OH is 1. The Morgan fingerprint density at radius 1 is 1.04 bits per heavy atom. The van der Waals surface area contributed by atoms with Crippen molar-refractivity contribution < 1.29 is 24.2 Å². The molecule has 3 aromatic rings. The summed E-state index contributed by atoms with van der Waals surface area (Å²) in [6.07, 6.45) is 3.78. The number of rotatable bonds is 13. The predicted octanol–water partition coefficient (Wildman–Crippen LogP) is 6.68. The van der Waals surface area contributed by atoms with Crippen molar-refractivity contribution in [3.05, 3.63) is 115 Å². The molecule has 0 aromatic heterocycles. The van der Waals surface area contributed by atoms with Crippen LogP contribution < -0.4 is 14.5 Å². The van der Waals surface area contributed by atoms with Crippen molar-refractivity contribution in [2.24, 2.45) is 11.8 Å². The Hall–Kier alpha value is -3.57. The van der Waals surface area contributed by atoms with Gasteiger partial charge in [-0.3, -0.25) is 14.4 Å². The number of amides is 3. The molecular weight excluding hydrogens is 726 g/mol. The Kier molecular flexibility index (Phi) is 10.6. The molecule has 11 heteroatoms. The van der Waals surface area contributed by atoms with Crippen LogP contribution in [-0.2, 0) is 14.4 Å². The number of para-hydroxylation sites is 1. The van der Waals surface area contributed by atoms with Crippen LogP contribution in [-0.4, -0.2) is 74.9 Å². The first-order valence-electron chi connectivity index (χ1n) is 16.3. The summed E-state index contributed by atoms with van der Waals surface area (Å²) in [5, 5.41) is 11.0. The van der Waals surface area contributed by atoms with E-state index in [2.05, 4.69) is 29.1 Å². The lowest BCUT2D eigenvalue weighted by atomic mass is 9.70. The average molecular weight is 765 g/mol. The maximum Gasteiger partial charge on any atom is 0.251 e. The lowest BCUT2D eigenvalue weighted by molar-refractivity contribution is -0.142. The van der Waals surface area contributed by atoms with Gasteiger partial charge in [-0.25, -0.2) is 0 Å². The minimum Gasteiger partial charge on any atom is -0.494 e. The Balaban J connectivity index is 1.48.